The zero-order valence-electron chi connectivity index (χ0n) is 13.4. The molecule has 3 amide bonds. The minimum Gasteiger partial charge on any atom is -0.338 e. The van der Waals surface area contributed by atoms with Gasteiger partial charge in [-0.1, -0.05) is 48.5 Å². The number of benzene rings is 2. The second kappa shape index (κ2) is 7.64. The van der Waals surface area contributed by atoms with Crippen molar-refractivity contribution in [1.82, 2.24) is 10.2 Å². The molecular formula is C19H21N3O2. The number of anilines is 1. The Kier molecular flexibility index (Phi) is 5.11. The quantitative estimate of drug-likeness (QED) is 0.889. The molecule has 2 aromatic rings. The van der Waals surface area contributed by atoms with E-state index >= 15 is 0 Å². The molecule has 3 rings (SSSR count). The molecule has 2 aromatic carbocycles. The smallest absolute Gasteiger partial charge is 0.319 e. The zero-order valence-corrected chi connectivity index (χ0v) is 13.4. The molecule has 1 saturated heterocycles. The van der Waals surface area contributed by atoms with Crippen molar-refractivity contribution in [3.05, 3.63) is 66.2 Å². The van der Waals surface area contributed by atoms with Crippen LogP contribution in [-0.2, 0) is 11.3 Å². The molecule has 0 saturated carbocycles. The summed E-state index contributed by atoms with van der Waals surface area (Å²) in [5.74, 6) is 0.303. The summed E-state index contributed by atoms with van der Waals surface area (Å²) < 4.78 is 0. The van der Waals surface area contributed by atoms with Gasteiger partial charge in [0, 0.05) is 37.7 Å². The zero-order chi connectivity index (χ0) is 16.8. The van der Waals surface area contributed by atoms with Crippen molar-refractivity contribution >= 4 is 17.6 Å². The van der Waals surface area contributed by atoms with Crippen molar-refractivity contribution in [2.45, 2.75) is 13.0 Å². The molecule has 1 atom stereocenters. The maximum Gasteiger partial charge on any atom is 0.319 e. The van der Waals surface area contributed by atoms with Crippen molar-refractivity contribution in [3.8, 4) is 0 Å². The van der Waals surface area contributed by atoms with E-state index in [1.165, 1.54) is 0 Å². The average Bonchev–Trinajstić information content (AvgIpc) is 2.95. The van der Waals surface area contributed by atoms with Crippen LogP contribution in [0.5, 0.6) is 0 Å². The van der Waals surface area contributed by atoms with Crippen molar-refractivity contribution in [2.24, 2.45) is 5.92 Å². The Morgan fingerprint density at radius 1 is 1.04 bits per heavy atom. The summed E-state index contributed by atoms with van der Waals surface area (Å²) in [6, 6.07) is 19.0. The number of nitrogens with zero attached hydrogens (tertiary/aromatic N) is 1. The molecule has 124 valence electrons. The van der Waals surface area contributed by atoms with Gasteiger partial charge in [0.15, 0.2) is 0 Å². The maximum absolute atomic E-state index is 12.1. The largest absolute Gasteiger partial charge is 0.338 e. The van der Waals surface area contributed by atoms with Crippen LogP contribution in [0.25, 0.3) is 0 Å². The summed E-state index contributed by atoms with van der Waals surface area (Å²) in [6.07, 6.45) is 0.485. The van der Waals surface area contributed by atoms with E-state index in [-0.39, 0.29) is 17.9 Å². The SMILES string of the molecule is O=C(NC[C@H]1CC(=O)N(Cc2ccccc2)C1)Nc1ccccc1. The molecule has 1 fully saturated rings. The van der Waals surface area contributed by atoms with Gasteiger partial charge in [0.1, 0.15) is 0 Å². The van der Waals surface area contributed by atoms with Gasteiger partial charge in [-0.05, 0) is 17.7 Å². The highest BCUT2D eigenvalue weighted by molar-refractivity contribution is 5.89. The number of nitrogens with one attached hydrogen (secondary N) is 2. The lowest BCUT2D eigenvalue weighted by Crippen LogP contribution is -2.34. The predicted octanol–water partition coefficient (Wildman–Crippen LogP) is 2.86. The molecule has 1 aliphatic rings. The maximum atomic E-state index is 12.1. The molecule has 0 bridgehead atoms. The van der Waals surface area contributed by atoms with Crippen LogP contribution in [0.1, 0.15) is 12.0 Å². The van der Waals surface area contributed by atoms with Gasteiger partial charge >= 0.3 is 6.03 Å². The number of hydrogen-bond acceptors (Lipinski definition) is 2. The predicted molar refractivity (Wildman–Crippen MR) is 93.4 cm³/mol. The van der Waals surface area contributed by atoms with Crippen LogP contribution in [0.15, 0.2) is 60.7 Å². The van der Waals surface area contributed by atoms with E-state index in [9.17, 15) is 9.59 Å². The third-order valence-electron chi connectivity index (χ3n) is 4.09. The fraction of sp³-hybridized carbons (Fsp3) is 0.263. The first-order valence-electron chi connectivity index (χ1n) is 8.12. The van der Waals surface area contributed by atoms with Crippen LogP contribution < -0.4 is 10.6 Å². The lowest BCUT2D eigenvalue weighted by Gasteiger charge is -2.17. The van der Waals surface area contributed by atoms with Crippen molar-refractivity contribution in [3.63, 3.8) is 0 Å². The lowest BCUT2D eigenvalue weighted by molar-refractivity contribution is -0.128. The molecule has 0 aromatic heterocycles. The van der Waals surface area contributed by atoms with Gasteiger partial charge in [0.25, 0.3) is 0 Å². The van der Waals surface area contributed by atoms with E-state index in [2.05, 4.69) is 10.6 Å². The van der Waals surface area contributed by atoms with E-state index in [4.69, 9.17) is 0 Å². The van der Waals surface area contributed by atoms with E-state index in [0.29, 0.717) is 26.1 Å². The molecule has 0 spiro atoms. The van der Waals surface area contributed by atoms with Crippen LogP contribution in [0.3, 0.4) is 0 Å². The standard InChI is InChI=1S/C19H21N3O2/c23-18-11-16(14-22(18)13-15-7-3-1-4-8-15)12-20-19(24)21-17-9-5-2-6-10-17/h1-10,16H,11-14H2,(H2,20,21,24)/t16-/m1/s1. The number of rotatable bonds is 5. The first kappa shape index (κ1) is 16.1. The van der Waals surface area contributed by atoms with E-state index in [1.807, 2.05) is 65.6 Å². The summed E-state index contributed by atoms with van der Waals surface area (Å²) in [5, 5.41) is 5.63. The van der Waals surface area contributed by atoms with Crippen molar-refractivity contribution in [1.29, 1.82) is 0 Å². The molecule has 1 aliphatic heterocycles. The molecule has 0 unspecified atom stereocenters. The number of amides is 3. The monoisotopic (exact) mass is 323 g/mol. The topological polar surface area (TPSA) is 61.4 Å². The number of urea groups is 1. The Morgan fingerprint density at radius 3 is 2.42 bits per heavy atom. The Bertz CT molecular complexity index is 688. The molecule has 24 heavy (non-hydrogen) atoms. The highest BCUT2D eigenvalue weighted by Gasteiger charge is 2.29. The van der Waals surface area contributed by atoms with Crippen LogP contribution in [0.2, 0.25) is 0 Å². The number of hydrogen-bond donors (Lipinski definition) is 2. The molecule has 0 aliphatic carbocycles. The molecule has 1 heterocycles. The van der Waals surface area contributed by atoms with E-state index in [0.717, 1.165) is 11.3 Å². The Morgan fingerprint density at radius 2 is 1.71 bits per heavy atom. The second-order valence-electron chi connectivity index (χ2n) is 6.03. The van der Waals surface area contributed by atoms with Gasteiger partial charge in [-0.25, -0.2) is 4.79 Å². The van der Waals surface area contributed by atoms with E-state index in [1.54, 1.807) is 0 Å². The first-order chi connectivity index (χ1) is 11.7. The molecule has 5 heteroatoms. The van der Waals surface area contributed by atoms with Gasteiger partial charge < -0.3 is 15.5 Å². The second-order valence-corrected chi connectivity index (χ2v) is 6.03. The van der Waals surface area contributed by atoms with Crippen LogP contribution in [0.4, 0.5) is 10.5 Å². The first-order valence-corrected chi connectivity index (χ1v) is 8.12. The third kappa shape index (κ3) is 4.35. The van der Waals surface area contributed by atoms with Gasteiger partial charge in [-0.3, -0.25) is 4.79 Å². The third-order valence-corrected chi connectivity index (χ3v) is 4.09. The average molecular weight is 323 g/mol. The van der Waals surface area contributed by atoms with Crippen LogP contribution in [-0.4, -0.2) is 29.9 Å². The van der Waals surface area contributed by atoms with Crippen LogP contribution in [0, 0.1) is 5.92 Å². The molecule has 5 nitrogen and oxygen atoms in total. The van der Waals surface area contributed by atoms with Gasteiger partial charge in [0.05, 0.1) is 0 Å². The fourth-order valence-corrected chi connectivity index (χ4v) is 2.88. The number of carbonyl (C=O) groups is 2. The minimum absolute atomic E-state index is 0.147. The van der Waals surface area contributed by atoms with Crippen LogP contribution >= 0.6 is 0 Å². The van der Waals surface area contributed by atoms with Crippen molar-refractivity contribution in [2.75, 3.05) is 18.4 Å². The number of carbonyl (C=O) groups excluding carboxylic acids is 2. The molecule has 0 radical (unpaired) electrons. The summed E-state index contributed by atoms with van der Waals surface area (Å²) in [5.41, 5.74) is 1.88. The normalized spacial score (nSPS) is 16.9. The summed E-state index contributed by atoms with van der Waals surface area (Å²) in [4.78, 5) is 25.9. The van der Waals surface area contributed by atoms with Gasteiger partial charge in [-0.15, -0.1) is 0 Å². The lowest BCUT2D eigenvalue weighted by atomic mass is 10.1. The minimum atomic E-state index is -0.241. The van der Waals surface area contributed by atoms with E-state index < -0.39 is 0 Å². The summed E-state index contributed by atoms with van der Waals surface area (Å²) >= 11 is 0. The molecular weight excluding hydrogens is 302 g/mol. The Balaban J connectivity index is 1.45. The van der Waals surface area contributed by atoms with Crippen molar-refractivity contribution < 1.29 is 9.59 Å². The fourth-order valence-electron chi connectivity index (χ4n) is 2.88. The number of para-hydroxylation sites is 1. The number of likely N-dealkylation sites (tertiary alicyclic amines) is 1. The Labute approximate surface area is 141 Å². The highest BCUT2D eigenvalue weighted by atomic mass is 16.2. The summed E-state index contributed by atoms with van der Waals surface area (Å²) in [7, 11) is 0. The Hall–Kier alpha value is -2.82. The molecule has 2 N–H and O–H groups in total. The summed E-state index contributed by atoms with van der Waals surface area (Å²) in [6.45, 7) is 1.81. The van der Waals surface area contributed by atoms with Gasteiger partial charge in [-0.2, -0.15) is 0 Å². The highest BCUT2D eigenvalue weighted by Crippen LogP contribution is 2.19. The van der Waals surface area contributed by atoms with Gasteiger partial charge in [0.2, 0.25) is 5.91 Å².